The van der Waals surface area contributed by atoms with Crippen LogP contribution in [0.3, 0.4) is 0 Å². The molecule has 0 saturated heterocycles. The van der Waals surface area contributed by atoms with Crippen LogP contribution in [-0.2, 0) is 6.42 Å². The molecule has 0 spiro atoms. The van der Waals surface area contributed by atoms with Gasteiger partial charge in [-0.3, -0.25) is 0 Å². The van der Waals surface area contributed by atoms with E-state index in [1.165, 1.54) is 12.8 Å². The first-order valence-electron chi connectivity index (χ1n) is 7.87. The molecule has 1 saturated carbocycles. The van der Waals surface area contributed by atoms with Crippen LogP contribution in [0.1, 0.15) is 51.5 Å². The number of hydrogen-bond donors (Lipinski definition) is 1. The predicted octanol–water partition coefficient (Wildman–Crippen LogP) is 4.21. The summed E-state index contributed by atoms with van der Waals surface area (Å²) in [5, 5.41) is 11.0. The van der Waals surface area contributed by atoms with Gasteiger partial charge in [0.1, 0.15) is 5.75 Å². The van der Waals surface area contributed by atoms with Crippen molar-refractivity contribution in [3.8, 4) is 5.75 Å². The molecule has 2 heteroatoms. The molecule has 1 aliphatic carbocycles. The van der Waals surface area contributed by atoms with E-state index in [0.29, 0.717) is 18.3 Å². The average Bonchev–Trinajstić information content (AvgIpc) is 2.38. The van der Waals surface area contributed by atoms with Crippen LogP contribution in [0.15, 0.2) is 24.3 Å². The zero-order chi connectivity index (χ0) is 14.6. The lowest BCUT2D eigenvalue weighted by Gasteiger charge is -2.38. The number of para-hydroxylation sites is 1. The number of hydrogen-bond acceptors (Lipinski definition) is 2. The fourth-order valence-electron chi connectivity index (χ4n) is 3.69. The molecule has 1 N–H and O–H groups in total. The van der Waals surface area contributed by atoms with Crippen LogP contribution in [0.4, 0.5) is 0 Å². The number of methoxy groups -OCH3 is 1. The van der Waals surface area contributed by atoms with Crippen molar-refractivity contribution in [3.05, 3.63) is 29.8 Å². The lowest BCUT2D eigenvalue weighted by Crippen LogP contribution is -2.37. The largest absolute Gasteiger partial charge is 0.496 e. The molecule has 112 valence electrons. The zero-order valence-corrected chi connectivity index (χ0v) is 13.1. The number of benzene rings is 1. The Morgan fingerprint density at radius 1 is 1.35 bits per heavy atom. The normalized spacial score (nSPS) is 26.8. The topological polar surface area (TPSA) is 29.5 Å². The Kier molecular flexibility index (Phi) is 5.09. The molecule has 1 fully saturated rings. The van der Waals surface area contributed by atoms with Gasteiger partial charge in [-0.1, -0.05) is 44.9 Å². The van der Waals surface area contributed by atoms with Crippen LogP contribution in [0, 0.1) is 11.8 Å². The monoisotopic (exact) mass is 276 g/mol. The minimum atomic E-state index is -0.549. The maximum absolute atomic E-state index is 11.0. The minimum Gasteiger partial charge on any atom is -0.496 e. The number of aliphatic hydroxyl groups is 1. The average molecular weight is 276 g/mol. The molecule has 1 aromatic carbocycles. The van der Waals surface area contributed by atoms with E-state index in [-0.39, 0.29) is 0 Å². The van der Waals surface area contributed by atoms with E-state index in [4.69, 9.17) is 4.74 Å². The Labute approximate surface area is 123 Å². The molecule has 20 heavy (non-hydrogen) atoms. The van der Waals surface area contributed by atoms with Gasteiger partial charge in [0.2, 0.25) is 0 Å². The third kappa shape index (κ3) is 3.99. The third-order valence-corrected chi connectivity index (χ3v) is 4.44. The standard InChI is InChI=1S/C18H28O2/c1-14(2)11-15-7-6-10-18(19,12-15)13-16-8-4-5-9-17(16)20-3/h4-5,8-9,14-15,19H,6-7,10-13H2,1-3H3. The molecule has 2 atom stereocenters. The van der Waals surface area contributed by atoms with Gasteiger partial charge in [-0.2, -0.15) is 0 Å². The fraction of sp³-hybridized carbons (Fsp3) is 0.667. The molecule has 0 aliphatic heterocycles. The molecule has 1 aliphatic rings. The summed E-state index contributed by atoms with van der Waals surface area (Å²) in [5.41, 5.74) is 0.578. The van der Waals surface area contributed by atoms with E-state index >= 15 is 0 Å². The highest BCUT2D eigenvalue weighted by Gasteiger charge is 2.35. The fourth-order valence-corrected chi connectivity index (χ4v) is 3.69. The zero-order valence-electron chi connectivity index (χ0n) is 13.1. The van der Waals surface area contributed by atoms with Crippen LogP contribution >= 0.6 is 0 Å². The molecular formula is C18H28O2. The highest BCUT2D eigenvalue weighted by Crippen LogP contribution is 2.38. The molecular weight excluding hydrogens is 248 g/mol. The smallest absolute Gasteiger partial charge is 0.122 e. The second-order valence-electron chi connectivity index (χ2n) is 6.80. The van der Waals surface area contributed by atoms with Gasteiger partial charge < -0.3 is 9.84 Å². The van der Waals surface area contributed by atoms with Crippen molar-refractivity contribution in [1.29, 1.82) is 0 Å². The van der Waals surface area contributed by atoms with Gasteiger partial charge in [-0.05, 0) is 42.7 Å². The molecule has 0 aromatic heterocycles. The van der Waals surface area contributed by atoms with E-state index in [0.717, 1.165) is 30.6 Å². The van der Waals surface area contributed by atoms with E-state index < -0.39 is 5.60 Å². The molecule has 2 unspecified atom stereocenters. The Balaban J connectivity index is 2.06. The lowest BCUT2D eigenvalue weighted by molar-refractivity contribution is -0.0192. The molecule has 2 nitrogen and oxygen atoms in total. The predicted molar refractivity (Wildman–Crippen MR) is 83.1 cm³/mol. The Morgan fingerprint density at radius 3 is 2.80 bits per heavy atom. The molecule has 0 heterocycles. The summed E-state index contributed by atoms with van der Waals surface area (Å²) in [4.78, 5) is 0. The minimum absolute atomic E-state index is 0.549. The summed E-state index contributed by atoms with van der Waals surface area (Å²) in [6.45, 7) is 4.54. The number of rotatable bonds is 5. The molecule has 1 aromatic rings. The van der Waals surface area contributed by atoms with Crippen molar-refractivity contribution >= 4 is 0 Å². The van der Waals surface area contributed by atoms with Crippen molar-refractivity contribution in [2.45, 2.75) is 58.0 Å². The van der Waals surface area contributed by atoms with Crippen LogP contribution in [0.25, 0.3) is 0 Å². The lowest BCUT2D eigenvalue weighted by atomic mass is 9.73. The van der Waals surface area contributed by atoms with Gasteiger partial charge in [-0.25, -0.2) is 0 Å². The molecule has 2 rings (SSSR count). The van der Waals surface area contributed by atoms with Crippen LogP contribution in [0.2, 0.25) is 0 Å². The summed E-state index contributed by atoms with van der Waals surface area (Å²) in [7, 11) is 1.70. The van der Waals surface area contributed by atoms with Gasteiger partial charge in [0.25, 0.3) is 0 Å². The van der Waals surface area contributed by atoms with Crippen LogP contribution in [-0.4, -0.2) is 17.8 Å². The second kappa shape index (κ2) is 6.62. The highest BCUT2D eigenvalue weighted by atomic mass is 16.5. The molecule has 0 bridgehead atoms. The van der Waals surface area contributed by atoms with Gasteiger partial charge >= 0.3 is 0 Å². The first kappa shape index (κ1) is 15.4. The molecule has 0 radical (unpaired) electrons. The van der Waals surface area contributed by atoms with Gasteiger partial charge in [0.05, 0.1) is 12.7 Å². The summed E-state index contributed by atoms with van der Waals surface area (Å²) >= 11 is 0. The van der Waals surface area contributed by atoms with E-state index in [9.17, 15) is 5.11 Å². The van der Waals surface area contributed by atoms with Gasteiger partial charge in [0, 0.05) is 6.42 Å². The van der Waals surface area contributed by atoms with Crippen molar-refractivity contribution in [1.82, 2.24) is 0 Å². The summed E-state index contributed by atoms with van der Waals surface area (Å²) < 4.78 is 5.41. The van der Waals surface area contributed by atoms with Crippen molar-refractivity contribution in [3.63, 3.8) is 0 Å². The van der Waals surface area contributed by atoms with Crippen LogP contribution < -0.4 is 4.74 Å². The Morgan fingerprint density at radius 2 is 2.10 bits per heavy atom. The van der Waals surface area contributed by atoms with Crippen LogP contribution in [0.5, 0.6) is 5.75 Å². The summed E-state index contributed by atoms with van der Waals surface area (Å²) in [6.07, 6.45) is 6.21. The van der Waals surface area contributed by atoms with Gasteiger partial charge in [0.15, 0.2) is 0 Å². The van der Waals surface area contributed by atoms with E-state index in [1.807, 2.05) is 18.2 Å². The first-order valence-corrected chi connectivity index (χ1v) is 7.87. The Hall–Kier alpha value is -1.02. The quantitative estimate of drug-likeness (QED) is 0.873. The SMILES string of the molecule is COc1ccccc1CC1(O)CCCC(CC(C)C)C1. The third-order valence-electron chi connectivity index (χ3n) is 4.44. The first-order chi connectivity index (χ1) is 9.52. The van der Waals surface area contributed by atoms with E-state index in [2.05, 4.69) is 19.9 Å². The summed E-state index contributed by atoms with van der Waals surface area (Å²) in [6, 6.07) is 8.06. The number of ether oxygens (including phenoxy) is 1. The second-order valence-corrected chi connectivity index (χ2v) is 6.80. The maximum atomic E-state index is 11.0. The Bertz CT molecular complexity index is 427. The van der Waals surface area contributed by atoms with Gasteiger partial charge in [-0.15, -0.1) is 0 Å². The van der Waals surface area contributed by atoms with E-state index in [1.54, 1.807) is 7.11 Å². The maximum Gasteiger partial charge on any atom is 0.122 e. The van der Waals surface area contributed by atoms with Crippen molar-refractivity contribution in [2.24, 2.45) is 11.8 Å². The highest BCUT2D eigenvalue weighted by molar-refractivity contribution is 5.34. The van der Waals surface area contributed by atoms with Crippen molar-refractivity contribution in [2.75, 3.05) is 7.11 Å². The molecule has 0 amide bonds. The van der Waals surface area contributed by atoms with Crippen molar-refractivity contribution < 1.29 is 9.84 Å². The summed E-state index contributed by atoms with van der Waals surface area (Å²) in [5.74, 6) is 2.28.